The largest absolute Gasteiger partial charge is 0.424 e. The first-order valence-electron chi connectivity index (χ1n) is 5.94. The van der Waals surface area contributed by atoms with E-state index >= 15 is 0 Å². The van der Waals surface area contributed by atoms with Crippen molar-refractivity contribution in [1.82, 2.24) is 9.97 Å². The number of benzene rings is 1. The molecule has 1 aliphatic rings. The summed E-state index contributed by atoms with van der Waals surface area (Å²) in [5.41, 5.74) is 1.29. The molecule has 0 spiro atoms. The summed E-state index contributed by atoms with van der Waals surface area (Å²) >= 11 is 0. The van der Waals surface area contributed by atoms with Gasteiger partial charge in [0.05, 0.1) is 4.92 Å². The Hall–Kier alpha value is -2.83. The lowest BCUT2D eigenvalue weighted by Crippen LogP contribution is -1.97. The number of carbonyl (C=O) groups is 1. The number of nitrogens with zero attached hydrogens (tertiary/aromatic N) is 3. The first-order valence-corrected chi connectivity index (χ1v) is 5.94. The Balaban J connectivity index is 1.89. The summed E-state index contributed by atoms with van der Waals surface area (Å²) in [7, 11) is 0. The predicted molar refractivity (Wildman–Crippen MR) is 67.9 cm³/mol. The molecule has 2 aromatic rings. The molecule has 0 aliphatic heterocycles. The van der Waals surface area contributed by atoms with Gasteiger partial charge in [-0.25, -0.2) is 0 Å². The number of rotatable bonds is 3. The van der Waals surface area contributed by atoms with Crippen LogP contribution in [0.2, 0.25) is 0 Å². The summed E-state index contributed by atoms with van der Waals surface area (Å²) in [6.07, 6.45) is 3.25. The van der Waals surface area contributed by atoms with Gasteiger partial charge in [0, 0.05) is 17.5 Å². The van der Waals surface area contributed by atoms with Crippen molar-refractivity contribution in [3.05, 3.63) is 51.8 Å². The van der Waals surface area contributed by atoms with Crippen molar-refractivity contribution in [2.45, 2.75) is 12.8 Å². The van der Waals surface area contributed by atoms with Gasteiger partial charge in [-0.3, -0.25) is 14.9 Å². The number of fused-ring (bicyclic) bond motifs is 1. The molecule has 0 saturated heterocycles. The number of ketones is 1. The van der Waals surface area contributed by atoms with Crippen LogP contribution in [-0.2, 0) is 6.42 Å². The normalized spacial score (nSPS) is 13.1. The topological polar surface area (TPSA) is 95.2 Å². The van der Waals surface area contributed by atoms with Gasteiger partial charge in [0.25, 0.3) is 0 Å². The monoisotopic (exact) mass is 271 g/mol. The van der Waals surface area contributed by atoms with Gasteiger partial charge in [-0.2, -0.15) is 9.97 Å². The minimum Gasteiger partial charge on any atom is -0.424 e. The fourth-order valence-electron chi connectivity index (χ4n) is 2.11. The molecular formula is C13H9N3O4. The van der Waals surface area contributed by atoms with E-state index in [0.717, 1.165) is 18.0 Å². The molecule has 7 heteroatoms. The first kappa shape index (κ1) is 12.2. The van der Waals surface area contributed by atoms with Crippen LogP contribution in [0.25, 0.3) is 0 Å². The van der Waals surface area contributed by atoms with E-state index < -0.39 is 4.92 Å². The molecule has 1 aliphatic carbocycles. The molecule has 0 N–H and O–H groups in total. The van der Waals surface area contributed by atoms with Crippen LogP contribution in [0, 0.1) is 10.1 Å². The number of Topliss-reactive ketones (excluding diaryl/α,β-unsaturated/α-hetero) is 1. The standard InChI is InChI=1S/C13H9N3O4/c17-11-5-4-10-9(11)2-1-3-12(10)20-13-14-6-8(7-15-13)16(18)19/h1-3,6-7H,4-5H2. The summed E-state index contributed by atoms with van der Waals surface area (Å²) in [6, 6.07) is 5.22. The lowest BCUT2D eigenvalue weighted by Gasteiger charge is -2.07. The third-order valence-corrected chi connectivity index (χ3v) is 3.06. The maximum Gasteiger partial charge on any atom is 0.322 e. The smallest absolute Gasteiger partial charge is 0.322 e. The van der Waals surface area contributed by atoms with Crippen molar-refractivity contribution in [2.75, 3.05) is 0 Å². The Morgan fingerprint density at radius 3 is 2.65 bits per heavy atom. The van der Waals surface area contributed by atoms with E-state index in [9.17, 15) is 14.9 Å². The molecule has 3 rings (SSSR count). The number of aromatic nitrogens is 2. The van der Waals surface area contributed by atoms with Gasteiger partial charge in [-0.15, -0.1) is 0 Å². The zero-order valence-electron chi connectivity index (χ0n) is 10.3. The van der Waals surface area contributed by atoms with E-state index in [2.05, 4.69) is 9.97 Å². The summed E-state index contributed by atoms with van der Waals surface area (Å²) in [5.74, 6) is 0.609. The van der Waals surface area contributed by atoms with Gasteiger partial charge in [0.15, 0.2) is 5.78 Å². The maximum atomic E-state index is 11.6. The highest BCUT2D eigenvalue weighted by atomic mass is 16.6. The Morgan fingerprint density at radius 2 is 1.95 bits per heavy atom. The molecule has 100 valence electrons. The fourth-order valence-corrected chi connectivity index (χ4v) is 2.11. The van der Waals surface area contributed by atoms with E-state index in [4.69, 9.17) is 4.74 Å². The summed E-state index contributed by atoms with van der Waals surface area (Å²) < 4.78 is 5.51. The van der Waals surface area contributed by atoms with Crippen LogP contribution < -0.4 is 4.74 Å². The molecule has 1 aromatic heterocycles. The molecule has 0 atom stereocenters. The average molecular weight is 271 g/mol. The summed E-state index contributed by atoms with van der Waals surface area (Å²) in [5, 5.41) is 10.5. The molecule has 0 fully saturated rings. The lowest BCUT2D eigenvalue weighted by atomic mass is 10.1. The first-order chi connectivity index (χ1) is 9.65. The van der Waals surface area contributed by atoms with E-state index in [0.29, 0.717) is 24.2 Å². The second-order valence-corrected chi connectivity index (χ2v) is 4.29. The lowest BCUT2D eigenvalue weighted by molar-refractivity contribution is -0.385. The Labute approximate surface area is 113 Å². The van der Waals surface area contributed by atoms with Crippen molar-refractivity contribution in [3.8, 4) is 11.8 Å². The van der Waals surface area contributed by atoms with Crippen molar-refractivity contribution < 1.29 is 14.5 Å². The molecule has 0 bridgehead atoms. The molecule has 7 nitrogen and oxygen atoms in total. The van der Waals surface area contributed by atoms with Gasteiger partial charge in [-0.05, 0) is 12.5 Å². The molecule has 0 amide bonds. The quantitative estimate of drug-likeness (QED) is 0.627. The van der Waals surface area contributed by atoms with Gasteiger partial charge >= 0.3 is 11.7 Å². The van der Waals surface area contributed by atoms with Crippen LogP contribution in [-0.4, -0.2) is 20.7 Å². The predicted octanol–water partition coefficient (Wildman–Crippen LogP) is 2.31. The van der Waals surface area contributed by atoms with E-state index in [1.54, 1.807) is 18.2 Å². The zero-order valence-corrected chi connectivity index (χ0v) is 10.3. The third-order valence-electron chi connectivity index (χ3n) is 3.06. The van der Waals surface area contributed by atoms with Gasteiger partial charge < -0.3 is 4.74 Å². The van der Waals surface area contributed by atoms with E-state index in [1.807, 2.05) is 0 Å². The Kier molecular flexibility index (Phi) is 2.86. The van der Waals surface area contributed by atoms with Crippen molar-refractivity contribution in [1.29, 1.82) is 0 Å². The number of ether oxygens (including phenoxy) is 1. The van der Waals surface area contributed by atoms with E-state index in [-0.39, 0.29) is 17.5 Å². The van der Waals surface area contributed by atoms with Crippen LogP contribution in [0.1, 0.15) is 22.3 Å². The molecule has 1 aromatic carbocycles. The molecule has 0 radical (unpaired) electrons. The number of hydrogen-bond donors (Lipinski definition) is 0. The molecular weight excluding hydrogens is 262 g/mol. The van der Waals surface area contributed by atoms with Crippen LogP contribution in [0.3, 0.4) is 0 Å². The molecule has 0 unspecified atom stereocenters. The minimum atomic E-state index is -0.581. The van der Waals surface area contributed by atoms with Crippen molar-refractivity contribution >= 4 is 11.5 Å². The van der Waals surface area contributed by atoms with Gasteiger partial charge in [0.1, 0.15) is 18.1 Å². The number of hydrogen-bond acceptors (Lipinski definition) is 6. The summed E-state index contributed by atoms with van der Waals surface area (Å²) in [6.45, 7) is 0. The van der Waals surface area contributed by atoms with Crippen LogP contribution in [0.15, 0.2) is 30.6 Å². The average Bonchev–Trinajstić information content (AvgIpc) is 2.82. The Bertz CT molecular complexity index is 697. The van der Waals surface area contributed by atoms with Gasteiger partial charge in [0.2, 0.25) is 0 Å². The molecule has 1 heterocycles. The van der Waals surface area contributed by atoms with Crippen LogP contribution in [0.5, 0.6) is 11.8 Å². The molecule has 20 heavy (non-hydrogen) atoms. The fraction of sp³-hybridized carbons (Fsp3) is 0.154. The van der Waals surface area contributed by atoms with Crippen LogP contribution in [0.4, 0.5) is 5.69 Å². The van der Waals surface area contributed by atoms with Crippen molar-refractivity contribution in [2.24, 2.45) is 0 Å². The second-order valence-electron chi connectivity index (χ2n) is 4.29. The highest BCUT2D eigenvalue weighted by molar-refractivity contribution is 6.01. The highest BCUT2D eigenvalue weighted by Gasteiger charge is 2.23. The Morgan fingerprint density at radius 1 is 1.20 bits per heavy atom. The summed E-state index contributed by atoms with van der Waals surface area (Å²) in [4.78, 5) is 29.1. The number of carbonyl (C=O) groups excluding carboxylic acids is 1. The third kappa shape index (κ3) is 2.09. The molecule has 0 saturated carbocycles. The van der Waals surface area contributed by atoms with E-state index in [1.165, 1.54) is 0 Å². The minimum absolute atomic E-state index is 0.0170. The van der Waals surface area contributed by atoms with Gasteiger partial charge in [-0.1, -0.05) is 12.1 Å². The second kappa shape index (κ2) is 4.69. The number of nitro groups is 1. The highest BCUT2D eigenvalue weighted by Crippen LogP contribution is 2.32. The SMILES string of the molecule is O=C1CCc2c(Oc3ncc([N+](=O)[O-])cn3)cccc21. The maximum absolute atomic E-state index is 11.6. The van der Waals surface area contributed by atoms with Crippen molar-refractivity contribution in [3.63, 3.8) is 0 Å². The van der Waals surface area contributed by atoms with Crippen LogP contribution >= 0.6 is 0 Å². The zero-order chi connectivity index (χ0) is 14.1.